The average molecular weight is 197 g/mol. The molecule has 13 heavy (non-hydrogen) atoms. The molecule has 0 saturated heterocycles. The number of ketones is 1. The van der Waals surface area contributed by atoms with E-state index in [-0.39, 0.29) is 5.78 Å². The molecule has 70 valence electrons. The van der Waals surface area contributed by atoms with E-state index in [1.807, 2.05) is 19.2 Å². The number of hydrogen-bond donors (Lipinski definition) is 0. The molecule has 0 fully saturated rings. The van der Waals surface area contributed by atoms with Crippen LogP contribution in [0.1, 0.15) is 19.0 Å². The minimum Gasteiger partial charge on any atom is -0.300 e. The number of H-pyrrole nitrogens is 1. The third kappa shape index (κ3) is 4.03. The Kier molecular flexibility index (Phi) is 3.89. The molecular formula is C9H13N2OS+. The molecule has 0 aliphatic heterocycles. The number of aromatic nitrogens is 2. The number of nitrogens with zero attached hydrogens (tertiary/aromatic N) is 1. The molecule has 0 radical (unpaired) electrons. The van der Waals surface area contributed by atoms with Gasteiger partial charge in [-0.05, 0) is 23.7 Å². The van der Waals surface area contributed by atoms with E-state index in [1.54, 1.807) is 18.7 Å². The summed E-state index contributed by atoms with van der Waals surface area (Å²) in [5, 5.41) is 0.876. The fraction of sp³-hybridized carbons (Fsp3) is 0.444. The van der Waals surface area contributed by atoms with E-state index < -0.39 is 0 Å². The van der Waals surface area contributed by atoms with Crippen LogP contribution in [-0.2, 0) is 4.79 Å². The van der Waals surface area contributed by atoms with Crippen molar-refractivity contribution in [3.63, 3.8) is 0 Å². The molecule has 0 aliphatic carbocycles. The molecule has 0 saturated carbocycles. The van der Waals surface area contributed by atoms with Crippen molar-refractivity contribution < 1.29 is 9.78 Å². The summed E-state index contributed by atoms with van der Waals surface area (Å²) in [4.78, 5) is 17.9. The fourth-order valence-electron chi connectivity index (χ4n) is 0.829. The van der Waals surface area contributed by atoms with Gasteiger partial charge in [-0.1, -0.05) is 0 Å². The van der Waals surface area contributed by atoms with Gasteiger partial charge in [0.2, 0.25) is 0 Å². The van der Waals surface area contributed by atoms with Gasteiger partial charge in [-0.15, -0.1) is 0 Å². The second-order valence-electron chi connectivity index (χ2n) is 2.84. The Balaban J connectivity index is 2.41. The molecule has 3 nitrogen and oxygen atoms in total. The zero-order valence-electron chi connectivity index (χ0n) is 7.83. The zero-order chi connectivity index (χ0) is 9.68. The van der Waals surface area contributed by atoms with Crippen molar-refractivity contribution in [1.29, 1.82) is 0 Å². The highest BCUT2D eigenvalue weighted by Gasteiger charge is 2.06. The molecule has 0 aliphatic rings. The van der Waals surface area contributed by atoms with Gasteiger partial charge in [0.1, 0.15) is 5.78 Å². The average Bonchev–Trinajstić information content (AvgIpc) is 2.03. The number of aromatic amines is 1. The molecule has 1 rings (SSSR count). The van der Waals surface area contributed by atoms with Gasteiger partial charge in [0.15, 0.2) is 5.69 Å². The summed E-state index contributed by atoms with van der Waals surface area (Å²) in [7, 11) is 0. The van der Waals surface area contributed by atoms with Crippen molar-refractivity contribution in [3.05, 3.63) is 18.0 Å². The summed E-state index contributed by atoms with van der Waals surface area (Å²) in [6, 6.07) is 1.91. The summed E-state index contributed by atoms with van der Waals surface area (Å²) in [6.45, 7) is 3.55. The first-order valence-electron chi connectivity index (χ1n) is 4.16. The molecule has 0 amide bonds. The maximum atomic E-state index is 10.7. The molecule has 1 aromatic rings. The molecule has 1 aromatic heterocycles. The lowest BCUT2D eigenvalue weighted by Gasteiger charge is -1.91. The molecule has 0 unspecified atom stereocenters. The van der Waals surface area contributed by atoms with Gasteiger partial charge in [-0.25, -0.2) is 4.98 Å². The largest absolute Gasteiger partial charge is 0.357 e. The minimum absolute atomic E-state index is 0.222. The van der Waals surface area contributed by atoms with E-state index in [0.29, 0.717) is 6.42 Å². The number of thioether (sulfide) groups is 1. The van der Waals surface area contributed by atoms with Crippen LogP contribution in [0.25, 0.3) is 0 Å². The molecule has 0 atom stereocenters. The van der Waals surface area contributed by atoms with Crippen molar-refractivity contribution >= 4 is 17.5 Å². The molecular weight excluding hydrogens is 184 g/mol. The Labute approximate surface area is 82.0 Å². The number of Topliss-reactive ketones (excluding diaryl/α,β-unsaturated/α-hetero) is 1. The van der Waals surface area contributed by atoms with E-state index in [0.717, 1.165) is 16.6 Å². The summed E-state index contributed by atoms with van der Waals surface area (Å²) >= 11 is 1.58. The fourth-order valence-corrected chi connectivity index (χ4v) is 1.77. The third-order valence-corrected chi connectivity index (χ3v) is 2.39. The van der Waals surface area contributed by atoms with Crippen LogP contribution in [0.4, 0.5) is 0 Å². The van der Waals surface area contributed by atoms with E-state index in [1.165, 1.54) is 0 Å². The SMILES string of the molecule is CC(=O)CCSc1nc(C)cc[nH+]1. The summed E-state index contributed by atoms with van der Waals surface area (Å²) in [5.41, 5.74) is 0.990. The Morgan fingerprint density at radius 1 is 1.69 bits per heavy atom. The van der Waals surface area contributed by atoms with E-state index in [9.17, 15) is 4.79 Å². The third-order valence-electron chi connectivity index (χ3n) is 1.50. The number of nitrogens with one attached hydrogen (secondary N) is 1. The maximum Gasteiger partial charge on any atom is 0.357 e. The second-order valence-corrected chi connectivity index (χ2v) is 3.92. The first-order valence-corrected chi connectivity index (χ1v) is 5.14. The minimum atomic E-state index is 0.222. The Hall–Kier alpha value is -0.900. The quantitative estimate of drug-likeness (QED) is 0.539. The summed E-state index contributed by atoms with van der Waals surface area (Å²) < 4.78 is 0. The monoisotopic (exact) mass is 197 g/mol. The second kappa shape index (κ2) is 4.97. The van der Waals surface area contributed by atoms with Crippen LogP contribution in [-0.4, -0.2) is 16.5 Å². The van der Waals surface area contributed by atoms with Crippen molar-refractivity contribution in [2.24, 2.45) is 0 Å². The van der Waals surface area contributed by atoms with Crippen LogP contribution < -0.4 is 4.98 Å². The van der Waals surface area contributed by atoms with Gasteiger partial charge in [-0.2, -0.15) is 0 Å². The first-order chi connectivity index (χ1) is 6.18. The predicted octanol–water partition coefficient (Wildman–Crippen LogP) is 1.28. The van der Waals surface area contributed by atoms with Gasteiger partial charge >= 0.3 is 5.16 Å². The zero-order valence-corrected chi connectivity index (χ0v) is 8.65. The number of carbonyl (C=O) groups is 1. The van der Waals surface area contributed by atoms with Crippen molar-refractivity contribution in [1.82, 2.24) is 4.98 Å². The molecule has 0 aromatic carbocycles. The van der Waals surface area contributed by atoms with Crippen LogP contribution in [0.3, 0.4) is 0 Å². The predicted molar refractivity (Wildman–Crippen MR) is 51.6 cm³/mol. The van der Waals surface area contributed by atoms with Gasteiger partial charge in [0.25, 0.3) is 0 Å². The van der Waals surface area contributed by atoms with Gasteiger partial charge < -0.3 is 0 Å². The smallest absolute Gasteiger partial charge is 0.300 e. The van der Waals surface area contributed by atoms with Crippen molar-refractivity contribution in [2.75, 3.05) is 5.75 Å². The number of carbonyl (C=O) groups excluding carboxylic acids is 1. The standard InChI is InChI=1S/C9H12N2OS/c1-7-3-5-10-9(11-7)13-6-4-8(2)12/h3,5H,4,6H2,1-2H3/p+1. The highest BCUT2D eigenvalue weighted by Crippen LogP contribution is 2.10. The Morgan fingerprint density at radius 2 is 2.46 bits per heavy atom. The van der Waals surface area contributed by atoms with Crippen molar-refractivity contribution in [3.8, 4) is 0 Å². The lowest BCUT2D eigenvalue weighted by Crippen LogP contribution is -2.08. The van der Waals surface area contributed by atoms with Gasteiger partial charge in [0.05, 0.1) is 6.20 Å². The Morgan fingerprint density at radius 3 is 3.08 bits per heavy atom. The van der Waals surface area contributed by atoms with Crippen LogP contribution in [0, 0.1) is 6.92 Å². The number of rotatable bonds is 4. The van der Waals surface area contributed by atoms with Gasteiger partial charge in [-0.3, -0.25) is 4.79 Å². The topological polar surface area (TPSA) is 44.1 Å². The molecule has 0 spiro atoms. The molecule has 1 heterocycles. The van der Waals surface area contributed by atoms with E-state index in [4.69, 9.17) is 0 Å². The highest BCUT2D eigenvalue weighted by atomic mass is 32.2. The number of aryl methyl sites for hydroxylation is 1. The molecule has 4 heteroatoms. The Bertz CT molecular complexity index is 301. The lowest BCUT2D eigenvalue weighted by molar-refractivity contribution is -0.433. The summed E-state index contributed by atoms with van der Waals surface area (Å²) in [6.07, 6.45) is 2.46. The highest BCUT2D eigenvalue weighted by molar-refractivity contribution is 7.99. The van der Waals surface area contributed by atoms with E-state index >= 15 is 0 Å². The van der Waals surface area contributed by atoms with Gasteiger partial charge in [0, 0.05) is 25.2 Å². The van der Waals surface area contributed by atoms with Crippen LogP contribution in [0.15, 0.2) is 17.4 Å². The van der Waals surface area contributed by atoms with Crippen LogP contribution in [0.5, 0.6) is 0 Å². The van der Waals surface area contributed by atoms with Crippen LogP contribution >= 0.6 is 11.8 Å². The summed E-state index contributed by atoms with van der Waals surface area (Å²) in [5.74, 6) is 1.02. The first kappa shape index (κ1) is 10.2. The van der Waals surface area contributed by atoms with E-state index in [2.05, 4.69) is 9.97 Å². The lowest BCUT2D eigenvalue weighted by atomic mass is 10.4. The maximum absolute atomic E-state index is 10.7. The molecule has 1 N–H and O–H groups in total. The number of hydrogen-bond acceptors (Lipinski definition) is 3. The van der Waals surface area contributed by atoms with Crippen molar-refractivity contribution in [2.45, 2.75) is 25.4 Å². The van der Waals surface area contributed by atoms with Crippen LogP contribution in [0.2, 0.25) is 0 Å². The molecule has 0 bridgehead atoms. The normalized spacial score (nSPS) is 10.0.